The molecule has 0 saturated carbocycles. The summed E-state index contributed by atoms with van der Waals surface area (Å²) in [5, 5.41) is 10.2. The van der Waals surface area contributed by atoms with Crippen LogP contribution in [0.5, 0.6) is 0 Å². The minimum Gasteiger partial charge on any atom is -0.360 e. The van der Waals surface area contributed by atoms with Gasteiger partial charge in [0.05, 0.1) is 0 Å². The molecular weight excluding hydrogens is 216 g/mol. The fourth-order valence-corrected chi connectivity index (χ4v) is 2.43. The van der Waals surface area contributed by atoms with Crippen LogP contribution in [0.1, 0.15) is 32.6 Å². The van der Waals surface area contributed by atoms with E-state index in [1.165, 1.54) is 4.88 Å². The van der Waals surface area contributed by atoms with Crippen molar-refractivity contribution in [1.82, 2.24) is 4.90 Å². The summed E-state index contributed by atoms with van der Waals surface area (Å²) in [6.07, 6.45) is 1.02. The van der Waals surface area contributed by atoms with Crippen molar-refractivity contribution in [1.29, 1.82) is 5.41 Å². The quantitative estimate of drug-likeness (QED) is 0.632. The number of hydrogen-bond acceptors (Lipinski definition) is 2. The molecule has 0 fully saturated rings. The second-order valence-electron chi connectivity index (χ2n) is 5.34. The van der Waals surface area contributed by atoms with E-state index in [0.717, 1.165) is 6.42 Å². The Morgan fingerprint density at radius 3 is 2.56 bits per heavy atom. The molecule has 0 amide bonds. The van der Waals surface area contributed by atoms with Crippen molar-refractivity contribution in [3.8, 4) is 0 Å². The van der Waals surface area contributed by atoms with Gasteiger partial charge < -0.3 is 4.90 Å². The maximum Gasteiger partial charge on any atom is 0.101 e. The van der Waals surface area contributed by atoms with E-state index in [1.54, 1.807) is 11.3 Å². The summed E-state index contributed by atoms with van der Waals surface area (Å²) < 4.78 is 0. The van der Waals surface area contributed by atoms with E-state index in [9.17, 15) is 0 Å². The van der Waals surface area contributed by atoms with Gasteiger partial charge in [-0.3, -0.25) is 5.41 Å². The molecule has 0 spiro atoms. The second kappa shape index (κ2) is 5.00. The van der Waals surface area contributed by atoms with Gasteiger partial charge in [0, 0.05) is 29.8 Å². The number of amidine groups is 1. The molecular formula is C13H22N2S. The molecule has 0 aliphatic rings. The third-order valence-corrected chi connectivity index (χ3v) is 3.70. The predicted molar refractivity (Wildman–Crippen MR) is 72.4 cm³/mol. The Morgan fingerprint density at radius 2 is 2.12 bits per heavy atom. The van der Waals surface area contributed by atoms with E-state index < -0.39 is 0 Å². The monoisotopic (exact) mass is 238 g/mol. The van der Waals surface area contributed by atoms with Gasteiger partial charge >= 0.3 is 0 Å². The van der Waals surface area contributed by atoms with Gasteiger partial charge in [-0.25, -0.2) is 0 Å². The summed E-state index contributed by atoms with van der Waals surface area (Å²) in [5.74, 6) is 0.705. The molecule has 0 aliphatic carbocycles. The fourth-order valence-electron chi connectivity index (χ4n) is 1.61. The van der Waals surface area contributed by atoms with Crippen molar-refractivity contribution >= 4 is 17.2 Å². The highest BCUT2D eigenvalue weighted by Crippen LogP contribution is 2.20. The van der Waals surface area contributed by atoms with E-state index in [1.807, 2.05) is 7.05 Å². The molecule has 0 bridgehead atoms. The largest absolute Gasteiger partial charge is 0.360 e. The predicted octanol–water partition coefficient (Wildman–Crippen LogP) is 3.63. The molecule has 1 heterocycles. The maximum absolute atomic E-state index is 8.13. The molecule has 3 heteroatoms. The lowest BCUT2D eigenvalue weighted by atomic mass is 9.93. The summed E-state index contributed by atoms with van der Waals surface area (Å²) in [4.78, 5) is 3.47. The molecule has 0 aromatic carbocycles. The van der Waals surface area contributed by atoms with Gasteiger partial charge in [0.15, 0.2) is 0 Å². The van der Waals surface area contributed by atoms with Crippen LogP contribution in [0.4, 0.5) is 0 Å². The van der Waals surface area contributed by atoms with Crippen molar-refractivity contribution in [2.45, 2.75) is 40.2 Å². The van der Waals surface area contributed by atoms with Gasteiger partial charge in [-0.1, -0.05) is 26.8 Å². The SMILES string of the molecule is CC(Cc1cccs1)N(C)C(=N)C(C)(C)C. The molecule has 0 aliphatic heterocycles. The van der Waals surface area contributed by atoms with Crippen LogP contribution in [0.25, 0.3) is 0 Å². The van der Waals surface area contributed by atoms with Gasteiger partial charge in [-0.2, -0.15) is 0 Å². The van der Waals surface area contributed by atoms with Crippen LogP contribution in [0.2, 0.25) is 0 Å². The zero-order chi connectivity index (χ0) is 12.3. The minimum absolute atomic E-state index is 0.0710. The van der Waals surface area contributed by atoms with E-state index in [4.69, 9.17) is 5.41 Å². The van der Waals surface area contributed by atoms with Gasteiger partial charge in [0.25, 0.3) is 0 Å². The molecule has 1 unspecified atom stereocenters. The van der Waals surface area contributed by atoms with Crippen LogP contribution in [0, 0.1) is 10.8 Å². The first-order valence-electron chi connectivity index (χ1n) is 5.66. The van der Waals surface area contributed by atoms with Crippen LogP contribution in [-0.4, -0.2) is 23.8 Å². The van der Waals surface area contributed by atoms with Crippen molar-refractivity contribution in [2.75, 3.05) is 7.05 Å². The molecule has 2 nitrogen and oxygen atoms in total. The number of hydrogen-bond donors (Lipinski definition) is 1. The number of rotatable bonds is 3. The van der Waals surface area contributed by atoms with Gasteiger partial charge in [0.1, 0.15) is 5.84 Å². The summed E-state index contributed by atoms with van der Waals surface area (Å²) in [5.41, 5.74) is -0.0710. The molecule has 16 heavy (non-hydrogen) atoms. The Labute approximate surface area is 103 Å². The highest BCUT2D eigenvalue weighted by molar-refractivity contribution is 7.09. The first-order valence-corrected chi connectivity index (χ1v) is 6.54. The number of nitrogens with zero attached hydrogens (tertiary/aromatic N) is 1. The zero-order valence-corrected chi connectivity index (χ0v) is 11.7. The first-order chi connectivity index (χ1) is 7.32. The molecule has 0 saturated heterocycles. The van der Waals surface area contributed by atoms with Crippen LogP contribution in [0.3, 0.4) is 0 Å². The third-order valence-electron chi connectivity index (χ3n) is 2.80. The number of nitrogens with one attached hydrogen (secondary N) is 1. The Balaban J connectivity index is 2.61. The standard InChI is InChI=1S/C13H22N2S/c1-10(9-11-7-6-8-16-11)15(5)12(14)13(2,3)4/h6-8,10,14H,9H2,1-5H3. The maximum atomic E-state index is 8.13. The van der Waals surface area contributed by atoms with Gasteiger partial charge in [-0.15, -0.1) is 11.3 Å². The lowest BCUT2D eigenvalue weighted by molar-refractivity contribution is 0.345. The average molecular weight is 238 g/mol. The fraction of sp³-hybridized carbons (Fsp3) is 0.615. The highest BCUT2D eigenvalue weighted by atomic mass is 32.1. The van der Waals surface area contributed by atoms with Crippen molar-refractivity contribution in [3.63, 3.8) is 0 Å². The molecule has 0 radical (unpaired) electrons. The van der Waals surface area contributed by atoms with Gasteiger partial charge in [-0.05, 0) is 18.4 Å². The Kier molecular flexibility index (Phi) is 4.14. The topological polar surface area (TPSA) is 27.1 Å². The van der Waals surface area contributed by atoms with Gasteiger partial charge in [0.2, 0.25) is 0 Å². The Bertz CT molecular complexity index is 335. The Hall–Kier alpha value is -0.830. The lowest BCUT2D eigenvalue weighted by Crippen LogP contribution is -2.42. The molecule has 1 rings (SSSR count). The van der Waals surface area contributed by atoms with Crippen LogP contribution in [-0.2, 0) is 6.42 Å². The number of thiophene rings is 1. The van der Waals surface area contributed by atoms with Crippen molar-refractivity contribution in [3.05, 3.63) is 22.4 Å². The van der Waals surface area contributed by atoms with Crippen molar-refractivity contribution < 1.29 is 0 Å². The van der Waals surface area contributed by atoms with E-state index >= 15 is 0 Å². The molecule has 1 aromatic rings. The van der Waals surface area contributed by atoms with Crippen LogP contribution in [0.15, 0.2) is 17.5 Å². The number of likely N-dealkylation sites (N-methyl/N-ethyl adjacent to an activating group) is 1. The molecule has 1 atom stereocenters. The third kappa shape index (κ3) is 3.34. The van der Waals surface area contributed by atoms with E-state index in [-0.39, 0.29) is 5.41 Å². The molecule has 90 valence electrons. The molecule has 1 aromatic heterocycles. The smallest absolute Gasteiger partial charge is 0.101 e. The second-order valence-corrected chi connectivity index (χ2v) is 6.37. The normalized spacial score (nSPS) is 13.6. The van der Waals surface area contributed by atoms with Crippen molar-refractivity contribution in [2.24, 2.45) is 5.41 Å². The summed E-state index contributed by atoms with van der Waals surface area (Å²) in [6, 6.07) is 4.63. The molecule has 1 N–H and O–H groups in total. The summed E-state index contributed by atoms with van der Waals surface area (Å²) >= 11 is 1.79. The summed E-state index contributed by atoms with van der Waals surface area (Å²) in [6.45, 7) is 8.44. The Morgan fingerprint density at radius 1 is 1.50 bits per heavy atom. The van der Waals surface area contributed by atoms with Crippen LogP contribution < -0.4 is 0 Å². The summed E-state index contributed by atoms with van der Waals surface area (Å²) in [7, 11) is 2.02. The zero-order valence-electron chi connectivity index (χ0n) is 10.9. The minimum atomic E-state index is -0.0710. The van der Waals surface area contributed by atoms with E-state index in [0.29, 0.717) is 11.9 Å². The van der Waals surface area contributed by atoms with Crippen LogP contribution >= 0.6 is 11.3 Å². The van der Waals surface area contributed by atoms with E-state index in [2.05, 4.69) is 50.1 Å². The first kappa shape index (κ1) is 13.2. The highest BCUT2D eigenvalue weighted by Gasteiger charge is 2.24. The average Bonchev–Trinajstić information content (AvgIpc) is 2.66. The lowest BCUT2D eigenvalue weighted by Gasteiger charge is -2.33.